The monoisotopic (exact) mass is 478 g/mol. The van der Waals surface area contributed by atoms with E-state index in [0.717, 1.165) is 25.5 Å². The third-order valence-electron chi connectivity index (χ3n) is 4.61. The second-order valence-corrected chi connectivity index (χ2v) is 9.09. The number of hydrogen-bond acceptors (Lipinski definition) is 5. The van der Waals surface area contributed by atoms with Crippen molar-refractivity contribution in [1.29, 1.82) is 0 Å². The molecule has 0 saturated heterocycles. The van der Waals surface area contributed by atoms with Crippen LogP contribution in [0.25, 0.3) is 0 Å². The van der Waals surface area contributed by atoms with Crippen LogP contribution in [-0.2, 0) is 13.6 Å². The maximum Gasteiger partial charge on any atom is 1.00 e. The molecule has 0 aliphatic heterocycles. The van der Waals surface area contributed by atoms with E-state index in [9.17, 15) is 9.46 Å². The average molecular weight is 479 g/mol. The summed E-state index contributed by atoms with van der Waals surface area (Å²) in [5, 5.41) is 9.15. The Kier molecular flexibility index (Phi) is 27.4. The predicted molar refractivity (Wildman–Crippen MR) is 115 cm³/mol. The minimum absolute atomic E-state index is 0. The number of halogens is 1. The van der Waals surface area contributed by atoms with Crippen molar-refractivity contribution in [2.75, 3.05) is 12.5 Å². The molecule has 0 radical (unpaired) electrons. The minimum atomic E-state index is -4.40. The third-order valence-corrected chi connectivity index (χ3v) is 5.82. The van der Waals surface area contributed by atoms with E-state index in [1.54, 1.807) is 6.08 Å². The van der Waals surface area contributed by atoms with Crippen LogP contribution in [0.2, 0.25) is 0 Å². The van der Waals surface area contributed by atoms with Gasteiger partial charge in [0.15, 0.2) is 0 Å². The van der Waals surface area contributed by atoms with Crippen molar-refractivity contribution >= 4 is 19.4 Å². The molecular weight excluding hydrogens is 438 g/mol. The fourth-order valence-corrected chi connectivity index (χ4v) is 3.63. The Morgan fingerprint density at radius 3 is 1.83 bits per heavy atom. The van der Waals surface area contributed by atoms with Crippen LogP contribution < -0.4 is 56.3 Å². The number of rotatable bonds is 21. The maximum atomic E-state index is 11.4. The van der Waals surface area contributed by atoms with Gasteiger partial charge in [0.05, 0.1) is 24.9 Å². The molecule has 0 aromatic rings. The van der Waals surface area contributed by atoms with E-state index in [4.69, 9.17) is 16.7 Å². The van der Waals surface area contributed by atoms with Gasteiger partial charge in [-0.15, -0.1) is 11.6 Å². The van der Waals surface area contributed by atoms with E-state index >= 15 is 0 Å². The van der Waals surface area contributed by atoms with Gasteiger partial charge >= 0.3 is 59.2 Å². The first kappa shape index (κ1) is 32.8. The minimum Gasteiger partial charge on any atom is -0.746 e. The number of unbranched alkanes of at least 4 members (excludes halogenated alkanes) is 14. The number of allylic oxidation sites excluding steroid dienone is 1. The van der Waals surface area contributed by atoms with Crippen molar-refractivity contribution in [3.05, 3.63) is 12.3 Å². The first-order valence-corrected chi connectivity index (χ1v) is 13.0. The zero-order valence-corrected chi connectivity index (χ0v) is 23.4. The first-order chi connectivity index (χ1) is 13.5. The summed E-state index contributed by atoms with van der Waals surface area (Å²) in [5.41, 5.74) is 0. The Hall–Kier alpha value is 1.58. The Labute approximate surface area is 226 Å². The molecule has 0 spiro atoms. The van der Waals surface area contributed by atoms with Gasteiger partial charge in [-0.25, -0.2) is 0 Å². The number of phosphoric acid groups is 1. The van der Waals surface area contributed by atoms with E-state index in [-0.39, 0.29) is 57.3 Å². The van der Waals surface area contributed by atoms with Gasteiger partial charge in [-0.2, -0.15) is 0 Å². The summed E-state index contributed by atoms with van der Waals surface area (Å²) < 4.78 is 20.5. The summed E-state index contributed by atoms with van der Waals surface area (Å²) in [6.07, 6.45) is 21.0. The van der Waals surface area contributed by atoms with Gasteiger partial charge in [-0.1, -0.05) is 90.4 Å². The molecule has 0 amide bonds. The van der Waals surface area contributed by atoms with E-state index in [1.165, 1.54) is 77.0 Å². The average Bonchev–Trinajstić information content (AvgIpc) is 2.68. The molecule has 0 bridgehead atoms. The van der Waals surface area contributed by atoms with Crippen molar-refractivity contribution in [2.45, 2.75) is 109 Å². The largest absolute Gasteiger partial charge is 1.00 e. The zero-order valence-electron chi connectivity index (χ0n) is 18.7. The molecular formula is C21H41ClKO5P. The quantitative estimate of drug-likeness (QED) is 0.0898. The van der Waals surface area contributed by atoms with Gasteiger partial charge in [0.1, 0.15) is 0 Å². The topological polar surface area (TPSA) is 78.8 Å². The first-order valence-electron chi connectivity index (χ1n) is 11.0. The molecule has 2 atom stereocenters. The van der Waals surface area contributed by atoms with Crippen molar-refractivity contribution in [2.24, 2.45) is 0 Å². The van der Waals surface area contributed by atoms with Crippen LogP contribution >= 0.6 is 19.4 Å². The Morgan fingerprint density at radius 2 is 1.38 bits per heavy atom. The molecule has 1 N–H and O–H groups in total. The molecule has 0 aliphatic carbocycles. The standard InChI is InChI=1S/C21H42ClO5P.K/c1-2-3-4-5-6-7-8-9-10-11-12-13-14-15-16-17-18-26-28(24,25)27-20-21(23)19-22;/h17-18,21,23H,2-16,19-20H2,1H3,(H,24,25);/q;+1/p-1. The molecule has 0 aliphatic rings. The summed E-state index contributed by atoms with van der Waals surface area (Å²) in [5.74, 6) is -0.0883. The normalized spacial score (nSPS) is 14.5. The third kappa shape index (κ3) is 25.7. The second-order valence-electron chi connectivity index (χ2n) is 7.41. The number of hydrogen-bond donors (Lipinski definition) is 1. The molecule has 168 valence electrons. The molecule has 29 heavy (non-hydrogen) atoms. The summed E-state index contributed by atoms with van der Waals surface area (Å²) in [6, 6.07) is 0. The molecule has 0 aromatic carbocycles. The molecule has 5 nitrogen and oxygen atoms in total. The fraction of sp³-hybridized carbons (Fsp3) is 0.905. The van der Waals surface area contributed by atoms with Gasteiger partial charge in [0, 0.05) is 0 Å². The Morgan fingerprint density at radius 1 is 0.931 bits per heavy atom. The molecule has 0 heterocycles. The molecule has 8 heteroatoms. The van der Waals surface area contributed by atoms with Crippen LogP contribution in [0.1, 0.15) is 103 Å². The van der Waals surface area contributed by atoms with E-state index < -0.39 is 20.5 Å². The van der Waals surface area contributed by atoms with Crippen molar-refractivity contribution < 1.29 is 75.0 Å². The maximum absolute atomic E-state index is 11.4. The summed E-state index contributed by atoms with van der Waals surface area (Å²) >= 11 is 5.36. The van der Waals surface area contributed by atoms with Crippen molar-refractivity contribution in [1.82, 2.24) is 0 Å². The van der Waals surface area contributed by atoms with Gasteiger partial charge in [0.25, 0.3) is 0 Å². The van der Waals surface area contributed by atoms with E-state index in [0.29, 0.717) is 0 Å². The Bertz CT molecular complexity index is 413. The summed E-state index contributed by atoms with van der Waals surface area (Å²) in [7, 11) is -4.40. The fourth-order valence-electron chi connectivity index (χ4n) is 2.89. The van der Waals surface area contributed by atoms with Crippen LogP contribution in [0.3, 0.4) is 0 Å². The van der Waals surface area contributed by atoms with Gasteiger partial charge < -0.3 is 19.0 Å². The number of aliphatic hydroxyl groups is 1. The SMILES string of the molecule is CCCCCCCCCCCCCCCCC=COP(=O)([O-])OCC(O)CCl.[K+]. The second kappa shape index (κ2) is 24.2. The molecule has 0 aromatic heterocycles. The smallest absolute Gasteiger partial charge is 0.746 e. The molecule has 0 rings (SSSR count). The molecule has 0 fully saturated rings. The van der Waals surface area contributed by atoms with Crippen molar-refractivity contribution in [3.8, 4) is 0 Å². The summed E-state index contributed by atoms with van der Waals surface area (Å²) in [4.78, 5) is 11.4. The van der Waals surface area contributed by atoms with Gasteiger partial charge in [-0.05, 0) is 18.9 Å². The van der Waals surface area contributed by atoms with E-state index in [1.807, 2.05) is 0 Å². The van der Waals surface area contributed by atoms with Crippen molar-refractivity contribution in [3.63, 3.8) is 0 Å². The van der Waals surface area contributed by atoms with E-state index in [2.05, 4.69) is 16.0 Å². The number of phosphoric ester groups is 1. The van der Waals surface area contributed by atoms with Crippen LogP contribution in [0.4, 0.5) is 0 Å². The Balaban J connectivity index is 0. The van der Waals surface area contributed by atoms with Crippen LogP contribution in [0.5, 0.6) is 0 Å². The molecule has 0 saturated carbocycles. The van der Waals surface area contributed by atoms with Gasteiger partial charge in [0.2, 0.25) is 0 Å². The number of aliphatic hydroxyl groups excluding tert-OH is 1. The van der Waals surface area contributed by atoms with Crippen LogP contribution in [-0.4, -0.2) is 23.7 Å². The zero-order chi connectivity index (χ0) is 20.9. The van der Waals surface area contributed by atoms with Gasteiger partial charge in [-0.3, -0.25) is 4.57 Å². The molecule has 2 unspecified atom stereocenters. The van der Waals surface area contributed by atoms with Crippen LogP contribution in [0, 0.1) is 0 Å². The van der Waals surface area contributed by atoms with Crippen LogP contribution in [0.15, 0.2) is 12.3 Å². The summed E-state index contributed by atoms with van der Waals surface area (Å²) in [6.45, 7) is 1.87. The predicted octanol–water partition coefficient (Wildman–Crippen LogP) is 3.48. The number of alkyl halides is 1.